The number of halogens is 1. The first kappa shape index (κ1) is 19.8. The molecule has 9 nitrogen and oxygen atoms in total. The number of hydrogen-bond acceptors (Lipinski definition) is 5. The Hall–Kier alpha value is -2.94. The van der Waals surface area contributed by atoms with E-state index in [4.69, 9.17) is 11.3 Å². The Morgan fingerprint density at radius 2 is 2.21 bits per heavy atom. The number of fused-ring (bicyclic) bond motifs is 1. The van der Waals surface area contributed by atoms with E-state index < -0.39 is 40.5 Å². The lowest BCUT2D eigenvalue weighted by atomic mass is 10.2. The van der Waals surface area contributed by atoms with E-state index in [1.165, 1.54) is 29.9 Å². The predicted octanol–water partition coefficient (Wildman–Crippen LogP) is 1.39. The number of amides is 1. The Kier molecular flexibility index (Phi) is 5.12. The lowest BCUT2D eigenvalue weighted by molar-refractivity contribution is 0.0999. The molecule has 1 aromatic heterocycles. The molecule has 1 aliphatic heterocycles. The normalized spacial score (nSPS) is 20.4. The van der Waals surface area contributed by atoms with Crippen LogP contribution in [0.5, 0.6) is 5.75 Å². The molecule has 3 N–H and O–H groups in total. The first-order valence-corrected chi connectivity index (χ1v) is 9.63. The van der Waals surface area contributed by atoms with Crippen LogP contribution in [0.1, 0.15) is 17.4 Å². The molecule has 2 aromatic rings. The minimum Gasteiger partial charge on any atom is -0.485 e. The minimum absolute atomic E-state index is 0.0699. The number of aliphatic hydroxyl groups excluding tert-OH is 1. The molecule has 2 heterocycles. The van der Waals surface area contributed by atoms with E-state index in [-0.39, 0.29) is 27.7 Å². The van der Waals surface area contributed by atoms with Crippen LogP contribution in [0.3, 0.4) is 0 Å². The number of rotatable bonds is 3. The van der Waals surface area contributed by atoms with Gasteiger partial charge in [-0.3, -0.25) is 4.79 Å². The zero-order chi connectivity index (χ0) is 20.6. The molecule has 0 saturated heterocycles. The number of carbonyl (C=O) groups excluding carboxylic acids is 1. The summed E-state index contributed by atoms with van der Waals surface area (Å²) >= 11 is 0. The number of aliphatic hydroxyl groups is 1. The number of hydrogen-bond donors (Lipinski definition) is 3. The Labute approximate surface area is 160 Å². The van der Waals surface area contributed by atoms with Gasteiger partial charge in [0.1, 0.15) is 16.8 Å². The molecule has 3 rings (SSSR count). The van der Waals surface area contributed by atoms with Gasteiger partial charge in [-0.1, -0.05) is 0 Å². The number of sulfonamides is 1. The summed E-state index contributed by atoms with van der Waals surface area (Å²) in [6.45, 7) is 8.03. The highest BCUT2D eigenvalue weighted by Gasteiger charge is 2.37. The maximum Gasteiger partial charge on any atom is 0.276 e. The van der Waals surface area contributed by atoms with Crippen LogP contribution < -0.4 is 14.8 Å². The maximum absolute atomic E-state index is 13.5. The van der Waals surface area contributed by atoms with Crippen molar-refractivity contribution in [1.82, 2.24) is 9.29 Å². The summed E-state index contributed by atoms with van der Waals surface area (Å²) < 4.78 is 47.9. The molecule has 11 heteroatoms. The molecular weight excluding hydrogens is 391 g/mol. The molecule has 148 valence electrons. The van der Waals surface area contributed by atoms with E-state index in [0.717, 1.165) is 6.07 Å². The lowest BCUT2D eigenvalue weighted by Crippen LogP contribution is -2.44. The molecule has 1 amide bonds. The minimum atomic E-state index is -4.02. The van der Waals surface area contributed by atoms with Crippen LogP contribution >= 0.6 is 0 Å². The van der Waals surface area contributed by atoms with Gasteiger partial charge in [-0.15, -0.1) is 0 Å². The van der Waals surface area contributed by atoms with Gasteiger partial charge in [-0.05, 0) is 25.1 Å². The largest absolute Gasteiger partial charge is 0.485 e. The van der Waals surface area contributed by atoms with E-state index in [0.29, 0.717) is 0 Å². The van der Waals surface area contributed by atoms with Crippen molar-refractivity contribution < 1.29 is 27.4 Å². The third-order valence-electron chi connectivity index (χ3n) is 4.31. The number of aromatic nitrogens is 1. The Balaban J connectivity index is 2.02. The van der Waals surface area contributed by atoms with Gasteiger partial charge in [-0.2, -0.15) is 0 Å². The number of ether oxygens (including phenoxy) is 1. The highest BCUT2D eigenvalue weighted by atomic mass is 32.2. The molecule has 1 aromatic carbocycles. The van der Waals surface area contributed by atoms with Gasteiger partial charge < -0.3 is 19.7 Å². The van der Waals surface area contributed by atoms with Crippen molar-refractivity contribution in [1.29, 1.82) is 0 Å². The summed E-state index contributed by atoms with van der Waals surface area (Å²) in [4.78, 5) is 15.6. The van der Waals surface area contributed by atoms with E-state index in [9.17, 15) is 22.7 Å². The van der Waals surface area contributed by atoms with Gasteiger partial charge in [0.25, 0.3) is 5.91 Å². The maximum atomic E-state index is 13.5. The molecule has 0 fully saturated rings. The van der Waals surface area contributed by atoms with Crippen LogP contribution in [0.25, 0.3) is 4.85 Å². The Bertz CT molecular complexity index is 1090. The standard InChI is InChI=1S/C17H17FN4O5S/c1-9-13(8-23)21-28(25,26)14-7-22(3)15(16(14)27-9)17(24)20-10-4-5-11(18)12(6-10)19-2/h4-7,9,13,21,23H,8H2,1,3H3,(H,20,24)/t9-,13?/m0/s1. The lowest BCUT2D eigenvalue weighted by Gasteiger charge is -2.20. The van der Waals surface area contributed by atoms with Crippen LogP contribution in [0.15, 0.2) is 29.3 Å². The van der Waals surface area contributed by atoms with Crippen molar-refractivity contribution in [2.75, 3.05) is 11.9 Å². The van der Waals surface area contributed by atoms with Crippen molar-refractivity contribution in [2.45, 2.75) is 24.0 Å². The highest BCUT2D eigenvalue weighted by Crippen LogP contribution is 2.34. The van der Waals surface area contributed by atoms with Gasteiger partial charge in [-0.25, -0.2) is 22.4 Å². The zero-order valence-electron chi connectivity index (χ0n) is 14.9. The molecule has 2 atom stereocenters. The molecule has 0 spiro atoms. The third-order valence-corrected chi connectivity index (χ3v) is 5.79. The molecule has 0 bridgehead atoms. The molecule has 0 saturated carbocycles. The fourth-order valence-corrected chi connectivity index (χ4v) is 4.30. The SMILES string of the molecule is [C-]#[N+]c1cc(NC(=O)c2c3c(cn2C)S(=O)(=O)NC(CO)[C@H](C)O3)ccc1F. The van der Waals surface area contributed by atoms with Gasteiger partial charge in [0.2, 0.25) is 15.7 Å². The molecule has 0 radical (unpaired) electrons. The monoisotopic (exact) mass is 408 g/mol. The van der Waals surface area contributed by atoms with Crippen molar-refractivity contribution in [3.8, 4) is 5.75 Å². The number of anilines is 1. The van der Waals surface area contributed by atoms with Crippen LogP contribution in [0.2, 0.25) is 0 Å². The molecule has 1 unspecified atom stereocenters. The fraction of sp³-hybridized carbons (Fsp3) is 0.294. The summed E-state index contributed by atoms with van der Waals surface area (Å²) in [5.74, 6) is -1.57. The summed E-state index contributed by atoms with van der Waals surface area (Å²) in [7, 11) is -2.54. The van der Waals surface area contributed by atoms with Crippen LogP contribution in [0.4, 0.5) is 15.8 Å². The van der Waals surface area contributed by atoms with Crippen molar-refractivity contribution in [2.24, 2.45) is 7.05 Å². The number of aryl methyl sites for hydroxylation is 1. The second-order valence-electron chi connectivity index (χ2n) is 6.25. The van der Waals surface area contributed by atoms with Gasteiger partial charge in [0, 0.05) is 18.9 Å². The fourth-order valence-electron chi connectivity index (χ4n) is 2.82. The predicted molar refractivity (Wildman–Crippen MR) is 97.3 cm³/mol. The topological polar surface area (TPSA) is 114 Å². The van der Waals surface area contributed by atoms with Gasteiger partial charge in [0.05, 0.1) is 19.2 Å². The summed E-state index contributed by atoms with van der Waals surface area (Å²) in [5.41, 5.74) is -0.159. The summed E-state index contributed by atoms with van der Waals surface area (Å²) in [6.07, 6.45) is 0.489. The quantitative estimate of drug-likeness (QED) is 0.664. The third kappa shape index (κ3) is 3.45. The van der Waals surface area contributed by atoms with E-state index >= 15 is 0 Å². The first-order valence-electron chi connectivity index (χ1n) is 8.15. The molecule has 28 heavy (non-hydrogen) atoms. The Morgan fingerprint density at radius 3 is 2.86 bits per heavy atom. The van der Waals surface area contributed by atoms with Crippen molar-refractivity contribution in [3.05, 3.63) is 47.3 Å². The van der Waals surface area contributed by atoms with Crippen molar-refractivity contribution >= 4 is 27.3 Å². The Morgan fingerprint density at radius 1 is 1.50 bits per heavy atom. The van der Waals surface area contributed by atoms with E-state index in [1.807, 2.05) is 0 Å². The number of carbonyl (C=O) groups is 1. The molecular formula is C17H17FN4O5S. The highest BCUT2D eigenvalue weighted by molar-refractivity contribution is 7.89. The van der Waals surface area contributed by atoms with Crippen LogP contribution in [-0.2, 0) is 17.1 Å². The number of benzene rings is 1. The van der Waals surface area contributed by atoms with Gasteiger partial charge in [0.15, 0.2) is 11.4 Å². The van der Waals surface area contributed by atoms with Crippen LogP contribution in [-0.4, -0.2) is 42.8 Å². The molecule has 0 aliphatic carbocycles. The zero-order valence-corrected chi connectivity index (χ0v) is 15.7. The van der Waals surface area contributed by atoms with Gasteiger partial charge >= 0.3 is 0 Å². The summed E-state index contributed by atoms with van der Waals surface area (Å²) in [5, 5.41) is 11.9. The van der Waals surface area contributed by atoms with E-state index in [1.54, 1.807) is 6.92 Å². The average Bonchev–Trinajstić information content (AvgIpc) is 2.93. The summed E-state index contributed by atoms with van der Waals surface area (Å²) in [6, 6.07) is 2.63. The smallest absolute Gasteiger partial charge is 0.276 e. The van der Waals surface area contributed by atoms with E-state index in [2.05, 4.69) is 14.9 Å². The number of nitrogens with zero attached hydrogens (tertiary/aromatic N) is 2. The first-order chi connectivity index (χ1) is 13.2. The second kappa shape index (κ2) is 7.23. The second-order valence-corrected chi connectivity index (χ2v) is 7.93. The average molecular weight is 408 g/mol. The van der Waals surface area contributed by atoms with Crippen molar-refractivity contribution in [3.63, 3.8) is 0 Å². The number of nitrogens with one attached hydrogen (secondary N) is 2. The van der Waals surface area contributed by atoms with Crippen LogP contribution in [0, 0.1) is 12.4 Å². The molecule has 1 aliphatic rings.